The molecule has 0 amide bonds. The molecule has 4 rings (SSSR count). The van der Waals surface area contributed by atoms with Gasteiger partial charge in [0, 0.05) is 21.5 Å². The summed E-state index contributed by atoms with van der Waals surface area (Å²) in [5.41, 5.74) is 7.28. The highest BCUT2D eigenvalue weighted by atomic mass is 79.9. The summed E-state index contributed by atoms with van der Waals surface area (Å²) in [7, 11) is 0. The Labute approximate surface area is 218 Å². The summed E-state index contributed by atoms with van der Waals surface area (Å²) in [6.07, 6.45) is 1.91. The van der Waals surface area contributed by atoms with Crippen molar-refractivity contribution in [2.45, 2.75) is 34.6 Å². The Bertz CT molecular complexity index is 1380. The van der Waals surface area contributed by atoms with Crippen LogP contribution in [0.2, 0.25) is 0 Å². The third-order valence-corrected chi connectivity index (χ3v) is 8.06. The van der Waals surface area contributed by atoms with Crippen LogP contribution in [0, 0.1) is 27.7 Å². The number of thioether (sulfide) groups is 1. The number of rotatable bonds is 5. The topological polar surface area (TPSA) is 63.8 Å². The highest BCUT2D eigenvalue weighted by molar-refractivity contribution is 9.10. The van der Waals surface area contributed by atoms with Gasteiger partial charge in [-0.15, -0.1) is 0 Å². The number of aryl methyl sites for hydroxylation is 3. The third-order valence-electron chi connectivity index (χ3n) is 5.79. The summed E-state index contributed by atoms with van der Waals surface area (Å²) >= 11 is 4.92. The number of ether oxygens (including phenoxy) is 1. The largest absolute Gasteiger partial charge is 0.506 e. The van der Waals surface area contributed by atoms with Gasteiger partial charge < -0.3 is 14.4 Å². The average Bonchev–Trinajstić information content (AvgIpc) is 3.27. The first-order chi connectivity index (χ1) is 16.7. The zero-order valence-electron chi connectivity index (χ0n) is 20.3. The Morgan fingerprint density at radius 2 is 1.77 bits per heavy atom. The van der Waals surface area contributed by atoms with Gasteiger partial charge in [0.25, 0.3) is 0 Å². The van der Waals surface area contributed by atoms with Crippen LogP contribution in [0.4, 0.5) is 5.69 Å². The summed E-state index contributed by atoms with van der Waals surface area (Å²) < 4.78 is 8.52. The molecule has 0 saturated heterocycles. The third kappa shape index (κ3) is 5.02. The van der Waals surface area contributed by atoms with E-state index in [0.29, 0.717) is 15.6 Å². The minimum Gasteiger partial charge on any atom is -0.506 e. The molecule has 0 atom stereocenters. The lowest BCUT2D eigenvalue weighted by Crippen LogP contribution is -2.12. The van der Waals surface area contributed by atoms with E-state index < -0.39 is 5.97 Å². The summed E-state index contributed by atoms with van der Waals surface area (Å²) in [6, 6.07) is 15.8. The predicted molar refractivity (Wildman–Crippen MR) is 148 cm³/mol. The summed E-state index contributed by atoms with van der Waals surface area (Å²) in [4.78, 5) is 17.9. The number of aliphatic imine (C=N–C) groups is 1. The van der Waals surface area contributed by atoms with Gasteiger partial charge in [-0.2, -0.15) is 0 Å². The smallest absolute Gasteiger partial charge is 0.344 e. The Morgan fingerprint density at radius 1 is 1.11 bits per heavy atom. The Morgan fingerprint density at radius 3 is 2.40 bits per heavy atom. The standard InChI is InChI=1S/C28H27BrN2O3S/c1-6-34-28(33)24-26(32)23(35-27(24)30-21-10-8-7-9-11-21)15-20-14-18(4)31(19(20)5)22-12-16(2)25(29)17(3)13-22/h7-15,32H,6H2,1-5H3/b23-15-,30-27?. The molecule has 0 aliphatic carbocycles. The SMILES string of the molecule is CCOC(=O)C1=C(O)/C(=C/c2cc(C)n(-c3cc(C)c(Br)c(C)c3)c2C)SC1=Nc1ccccc1. The maximum atomic E-state index is 12.7. The number of aliphatic hydroxyl groups is 1. The monoisotopic (exact) mass is 550 g/mol. The first-order valence-corrected chi connectivity index (χ1v) is 12.9. The zero-order chi connectivity index (χ0) is 25.3. The number of nitrogens with zero attached hydrogens (tertiary/aromatic N) is 2. The van der Waals surface area contributed by atoms with Crippen molar-refractivity contribution >= 4 is 50.5 Å². The van der Waals surface area contributed by atoms with Crippen LogP contribution < -0.4 is 0 Å². The fourth-order valence-electron chi connectivity index (χ4n) is 4.14. The first kappa shape index (κ1) is 25.1. The quantitative estimate of drug-likeness (QED) is 0.331. The molecule has 35 heavy (non-hydrogen) atoms. The van der Waals surface area contributed by atoms with Crippen molar-refractivity contribution in [1.29, 1.82) is 0 Å². The van der Waals surface area contributed by atoms with Crippen LogP contribution in [0.3, 0.4) is 0 Å². The molecular weight excluding hydrogens is 524 g/mol. The second-order valence-corrected chi connectivity index (χ2v) is 10.2. The second kappa shape index (κ2) is 10.3. The maximum absolute atomic E-state index is 12.7. The van der Waals surface area contributed by atoms with Gasteiger partial charge in [0.15, 0.2) is 0 Å². The fraction of sp³-hybridized carbons (Fsp3) is 0.214. The van der Waals surface area contributed by atoms with Crippen LogP contribution >= 0.6 is 27.7 Å². The van der Waals surface area contributed by atoms with Gasteiger partial charge in [0.05, 0.1) is 17.2 Å². The van der Waals surface area contributed by atoms with E-state index in [1.807, 2.05) is 36.4 Å². The zero-order valence-corrected chi connectivity index (χ0v) is 22.8. The van der Waals surface area contributed by atoms with Crippen molar-refractivity contribution < 1.29 is 14.6 Å². The van der Waals surface area contributed by atoms with Crippen molar-refractivity contribution in [2.24, 2.45) is 4.99 Å². The van der Waals surface area contributed by atoms with Crippen LogP contribution in [0.5, 0.6) is 0 Å². The van der Waals surface area contributed by atoms with Gasteiger partial charge in [-0.05, 0) is 87.7 Å². The molecule has 180 valence electrons. The minimum absolute atomic E-state index is 0.0971. The molecule has 1 aromatic heterocycles. The van der Waals surface area contributed by atoms with E-state index in [0.717, 1.165) is 27.1 Å². The molecule has 5 nitrogen and oxygen atoms in total. The lowest BCUT2D eigenvalue weighted by atomic mass is 10.1. The molecule has 0 bridgehead atoms. The Kier molecular flexibility index (Phi) is 7.38. The number of carbonyl (C=O) groups excluding carboxylic acids is 1. The number of carbonyl (C=O) groups is 1. The lowest BCUT2D eigenvalue weighted by Gasteiger charge is -2.13. The fourth-order valence-corrected chi connectivity index (χ4v) is 5.39. The number of hydrogen-bond acceptors (Lipinski definition) is 5. The number of para-hydroxylation sites is 1. The highest BCUT2D eigenvalue weighted by Crippen LogP contribution is 2.41. The number of halogens is 1. The van der Waals surface area contributed by atoms with E-state index in [9.17, 15) is 9.90 Å². The summed E-state index contributed by atoms with van der Waals surface area (Å²) in [6.45, 7) is 10.2. The van der Waals surface area contributed by atoms with E-state index in [1.165, 1.54) is 22.9 Å². The molecule has 1 aliphatic heterocycles. The van der Waals surface area contributed by atoms with Gasteiger partial charge in [-0.3, -0.25) is 0 Å². The molecule has 0 unspecified atom stereocenters. The van der Waals surface area contributed by atoms with Crippen molar-refractivity contribution in [3.8, 4) is 5.69 Å². The van der Waals surface area contributed by atoms with Crippen molar-refractivity contribution in [1.82, 2.24) is 4.57 Å². The Hall–Kier alpha value is -3.03. The first-order valence-electron chi connectivity index (χ1n) is 11.3. The second-order valence-electron chi connectivity index (χ2n) is 8.36. The van der Waals surface area contributed by atoms with E-state index >= 15 is 0 Å². The molecule has 3 aromatic rings. The minimum atomic E-state index is -0.582. The van der Waals surface area contributed by atoms with Gasteiger partial charge >= 0.3 is 5.97 Å². The van der Waals surface area contributed by atoms with E-state index in [-0.39, 0.29) is 17.9 Å². The van der Waals surface area contributed by atoms with Gasteiger partial charge in [-0.1, -0.05) is 45.9 Å². The molecule has 1 aliphatic rings. The average molecular weight is 552 g/mol. The molecular formula is C28H27BrN2O3S. The van der Waals surface area contributed by atoms with Gasteiger partial charge in [0.1, 0.15) is 16.4 Å². The van der Waals surface area contributed by atoms with Crippen molar-refractivity contribution in [3.05, 3.63) is 97.3 Å². The Balaban J connectivity index is 1.79. The van der Waals surface area contributed by atoms with Crippen LogP contribution in [0.25, 0.3) is 11.8 Å². The maximum Gasteiger partial charge on any atom is 0.344 e. The molecule has 0 fully saturated rings. The number of benzene rings is 2. The number of hydrogen-bond donors (Lipinski definition) is 1. The predicted octanol–water partition coefficient (Wildman–Crippen LogP) is 7.67. The van der Waals surface area contributed by atoms with E-state index in [2.05, 4.69) is 71.4 Å². The van der Waals surface area contributed by atoms with Gasteiger partial charge in [0.2, 0.25) is 0 Å². The van der Waals surface area contributed by atoms with Crippen LogP contribution in [0.15, 0.2) is 74.2 Å². The normalized spacial score (nSPS) is 15.9. The van der Waals surface area contributed by atoms with Crippen LogP contribution in [0.1, 0.15) is 35.0 Å². The number of aromatic nitrogens is 1. The molecule has 1 N–H and O–H groups in total. The van der Waals surface area contributed by atoms with Crippen molar-refractivity contribution in [3.63, 3.8) is 0 Å². The van der Waals surface area contributed by atoms with E-state index in [4.69, 9.17) is 4.74 Å². The van der Waals surface area contributed by atoms with Gasteiger partial charge in [-0.25, -0.2) is 9.79 Å². The molecule has 0 spiro atoms. The van der Waals surface area contributed by atoms with Crippen LogP contribution in [-0.2, 0) is 9.53 Å². The van der Waals surface area contributed by atoms with Crippen molar-refractivity contribution in [2.75, 3.05) is 6.61 Å². The lowest BCUT2D eigenvalue weighted by molar-refractivity contribution is -0.138. The number of aliphatic hydroxyl groups excluding tert-OH is 1. The molecule has 7 heteroatoms. The number of esters is 1. The highest BCUT2D eigenvalue weighted by Gasteiger charge is 2.33. The van der Waals surface area contributed by atoms with Crippen LogP contribution in [-0.4, -0.2) is 27.3 Å². The molecule has 0 saturated carbocycles. The molecule has 2 aromatic carbocycles. The molecule has 0 radical (unpaired) electrons. The van der Waals surface area contributed by atoms with E-state index in [1.54, 1.807) is 6.92 Å². The summed E-state index contributed by atoms with van der Waals surface area (Å²) in [5.74, 6) is -0.690. The summed E-state index contributed by atoms with van der Waals surface area (Å²) in [5, 5.41) is 11.5. The molecule has 2 heterocycles.